The molecule has 2 atom stereocenters. The number of anilines is 1. The summed E-state index contributed by atoms with van der Waals surface area (Å²) in [6, 6.07) is 10.4. The second-order valence-corrected chi connectivity index (χ2v) is 8.39. The maximum absolute atomic E-state index is 14.2. The number of fused-ring (bicyclic) bond motifs is 2. The Morgan fingerprint density at radius 3 is 2.50 bits per heavy atom. The van der Waals surface area contributed by atoms with Crippen LogP contribution in [0.25, 0.3) is 10.9 Å². The van der Waals surface area contributed by atoms with Gasteiger partial charge in [-0.3, -0.25) is 4.79 Å². The molecule has 4 rings (SSSR count). The van der Waals surface area contributed by atoms with Gasteiger partial charge in [-0.15, -0.1) is 0 Å². The molecule has 0 saturated heterocycles. The number of alkyl halides is 3. The molecule has 1 aliphatic rings. The Bertz CT molecular complexity index is 1190. The van der Waals surface area contributed by atoms with Gasteiger partial charge >= 0.3 is 6.18 Å². The highest BCUT2D eigenvalue weighted by molar-refractivity contribution is 5.91. The number of hydrogen-bond donors (Lipinski definition) is 4. The minimum Gasteiger partial charge on any atom is -0.508 e. The van der Waals surface area contributed by atoms with Crippen molar-refractivity contribution in [3.05, 3.63) is 70.0 Å². The molecule has 158 valence electrons. The topological polar surface area (TPSA) is 85.4 Å². The molecule has 0 radical (unpaired) electrons. The van der Waals surface area contributed by atoms with Gasteiger partial charge < -0.3 is 20.5 Å². The first-order valence-corrected chi connectivity index (χ1v) is 9.44. The van der Waals surface area contributed by atoms with Crippen molar-refractivity contribution in [2.24, 2.45) is 0 Å². The first kappa shape index (κ1) is 20.3. The van der Waals surface area contributed by atoms with E-state index in [9.17, 15) is 28.2 Å². The van der Waals surface area contributed by atoms with Crippen LogP contribution in [0.15, 0.2) is 53.3 Å². The fourth-order valence-corrected chi connectivity index (χ4v) is 4.59. The zero-order valence-electron chi connectivity index (χ0n) is 16.3. The van der Waals surface area contributed by atoms with E-state index >= 15 is 0 Å². The predicted molar refractivity (Wildman–Crippen MR) is 108 cm³/mol. The van der Waals surface area contributed by atoms with Crippen LogP contribution < -0.4 is 10.9 Å². The second-order valence-electron chi connectivity index (χ2n) is 8.39. The third-order valence-corrected chi connectivity index (χ3v) is 5.81. The summed E-state index contributed by atoms with van der Waals surface area (Å²) < 4.78 is 42.5. The van der Waals surface area contributed by atoms with E-state index in [4.69, 9.17) is 0 Å². The van der Waals surface area contributed by atoms with Crippen LogP contribution in [0.1, 0.15) is 37.4 Å². The molecule has 4 N–H and O–H groups in total. The summed E-state index contributed by atoms with van der Waals surface area (Å²) in [6.07, 6.45) is -5.56. The van der Waals surface area contributed by atoms with Crippen molar-refractivity contribution in [2.45, 2.75) is 43.5 Å². The summed E-state index contributed by atoms with van der Waals surface area (Å²) in [5.41, 5.74) is -3.21. The Hall–Kier alpha value is -3.00. The maximum Gasteiger partial charge on any atom is 0.419 e. The minimum atomic E-state index is -4.93. The summed E-state index contributed by atoms with van der Waals surface area (Å²) in [5, 5.41) is 24.8. The van der Waals surface area contributed by atoms with Gasteiger partial charge in [0.2, 0.25) is 5.56 Å². The standard InChI is InChI=1S/C22H21F3N2O3/c1-20(2)11-21(30,22(23,24)25)19(13-5-3-8-16(28)18(13)20)27-15-7-4-6-14-12(15)9-10-17(29)26-14/h3-10,19,27-28,30H,11H2,1-2H3,(H,26,29). The Morgan fingerprint density at radius 1 is 1.10 bits per heavy atom. The van der Waals surface area contributed by atoms with E-state index in [-0.39, 0.29) is 16.9 Å². The van der Waals surface area contributed by atoms with Gasteiger partial charge in [-0.25, -0.2) is 0 Å². The number of aromatic nitrogens is 1. The van der Waals surface area contributed by atoms with E-state index in [1.165, 1.54) is 30.3 Å². The van der Waals surface area contributed by atoms with Gasteiger partial charge in [-0.2, -0.15) is 13.2 Å². The summed E-state index contributed by atoms with van der Waals surface area (Å²) in [4.78, 5) is 14.2. The molecular formula is C22H21F3N2O3. The normalized spacial score (nSPS) is 23.2. The zero-order valence-corrected chi connectivity index (χ0v) is 16.3. The molecule has 1 aromatic heterocycles. The molecule has 2 aromatic carbocycles. The molecule has 0 amide bonds. The van der Waals surface area contributed by atoms with Crippen molar-refractivity contribution in [2.75, 3.05) is 5.32 Å². The number of phenols is 1. The molecule has 2 unspecified atom stereocenters. The van der Waals surface area contributed by atoms with E-state index < -0.39 is 29.7 Å². The summed E-state index contributed by atoms with van der Waals surface area (Å²) >= 11 is 0. The number of aromatic hydroxyl groups is 1. The van der Waals surface area contributed by atoms with E-state index in [0.29, 0.717) is 22.2 Å². The molecule has 3 aromatic rings. The molecular weight excluding hydrogens is 397 g/mol. The Balaban J connectivity index is 1.94. The van der Waals surface area contributed by atoms with Crippen LogP contribution in [0.5, 0.6) is 5.75 Å². The van der Waals surface area contributed by atoms with Crippen molar-refractivity contribution < 1.29 is 23.4 Å². The fraction of sp³-hybridized carbons (Fsp3) is 0.318. The monoisotopic (exact) mass is 418 g/mol. The highest BCUT2D eigenvalue weighted by Crippen LogP contribution is 2.56. The van der Waals surface area contributed by atoms with Gasteiger partial charge in [-0.05, 0) is 41.7 Å². The first-order valence-electron chi connectivity index (χ1n) is 9.44. The maximum atomic E-state index is 14.2. The van der Waals surface area contributed by atoms with Gasteiger partial charge in [0.15, 0.2) is 5.60 Å². The average molecular weight is 418 g/mol. The van der Waals surface area contributed by atoms with Gasteiger partial charge in [-0.1, -0.05) is 32.0 Å². The van der Waals surface area contributed by atoms with Gasteiger partial charge in [0, 0.05) is 22.7 Å². The summed E-state index contributed by atoms with van der Waals surface area (Å²) in [7, 11) is 0. The van der Waals surface area contributed by atoms with E-state index in [2.05, 4.69) is 10.3 Å². The molecule has 5 nitrogen and oxygen atoms in total. The number of benzene rings is 2. The van der Waals surface area contributed by atoms with Crippen LogP contribution in [-0.4, -0.2) is 27.0 Å². The van der Waals surface area contributed by atoms with Crippen LogP contribution in [-0.2, 0) is 5.41 Å². The van der Waals surface area contributed by atoms with E-state index in [1.54, 1.807) is 32.0 Å². The highest BCUT2D eigenvalue weighted by Gasteiger charge is 2.64. The lowest BCUT2D eigenvalue weighted by Crippen LogP contribution is -2.58. The molecule has 8 heteroatoms. The smallest absolute Gasteiger partial charge is 0.419 e. The molecule has 0 aliphatic heterocycles. The lowest BCUT2D eigenvalue weighted by Gasteiger charge is -2.49. The quantitative estimate of drug-likeness (QED) is 0.498. The lowest BCUT2D eigenvalue weighted by atomic mass is 9.63. The molecule has 0 fully saturated rings. The molecule has 0 saturated carbocycles. The number of rotatable bonds is 2. The van der Waals surface area contributed by atoms with Crippen molar-refractivity contribution in [3.63, 3.8) is 0 Å². The predicted octanol–water partition coefficient (Wildman–Crippen LogP) is 4.36. The summed E-state index contributed by atoms with van der Waals surface area (Å²) in [6.45, 7) is 3.14. The van der Waals surface area contributed by atoms with Crippen LogP contribution in [0.4, 0.5) is 18.9 Å². The number of aromatic amines is 1. The zero-order chi connectivity index (χ0) is 21.9. The Kier molecular flexibility index (Phi) is 4.39. The SMILES string of the molecule is CC1(C)CC(O)(C(F)(F)F)C(Nc2cccc3[nH]c(=O)ccc23)c2cccc(O)c21. The van der Waals surface area contributed by atoms with Crippen LogP contribution in [0.2, 0.25) is 0 Å². The first-order chi connectivity index (χ1) is 13.9. The van der Waals surface area contributed by atoms with Crippen molar-refractivity contribution in [1.82, 2.24) is 4.98 Å². The third-order valence-electron chi connectivity index (χ3n) is 5.81. The average Bonchev–Trinajstić information content (AvgIpc) is 2.63. The van der Waals surface area contributed by atoms with Crippen LogP contribution in [0, 0.1) is 0 Å². The molecule has 1 aliphatic carbocycles. The Labute approximate surface area is 170 Å². The number of pyridine rings is 1. The second kappa shape index (κ2) is 6.50. The largest absolute Gasteiger partial charge is 0.508 e. The fourth-order valence-electron chi connectivity index (χ4n) is 4.59. The lowest BCUT2D eigenvalue weighted by molar-refractivity contribution is -0.275. The third kappa shape index (κ3) is 3.02. The van der Waals surface area contributed by atoms with Gasteiger partial charge in [0.25, 0.3) is 0 Å². The molecule has 1 heterocycles. The van der Waals surface area contributed by atoms with Crippen molar-refractivity contribution in [1.29, 1.82) is 0 Å². The van der Waals surface area contributed by atoms with Crippen LogP contribution in [0.3, 0.4) is 0 Å². The van der Waals surface area contributed by atoms with E-state index in [0.717, 1.165) is 0 Å². The summed E-state index contributed by atoms with van der Waals surface area (Å²) in [5.74, 6) is -0.115. The molecule has 0 bridgehead atoms. The number of hydrogen-bond acceptors (Lipinski definition) is 4. The van der Waals surface area contributed by atoms with E-state index in [1.807, 2.05) is 0 Å². The number of H-pyrrole nitrogens is 1. The van der Waals surface area contributed by atoms with Crippen LogP contribution >= 0.6 is 0 Å². The number of aliphatic hydroxyl groups is 1. The minimum absolute atomic E-state index is 0.115. The number of halogens is 3. The number of phenolic OH excluding ortho intramolecular Hbond substituents is 1. The number of nitrogens with one attached hydrogen (secondary N) is 2. The molecule has 0 spiro atoms. The van der Waals surface area contributed by atoms with Crippen molar-refractivity contribution in [3.8, 4) is 5.75 Å². The molecule has 30 heavy (non-hydrogen) atoms. The highest BCUT2D eigenvalue weighted by atomic mass is 19.4. The van der Waals surface area contributed by atoms with Gasteiger partial charge in [0.1, 0.15) is 5.75 Å². The van der Waals surface area contributed by atoms with Gasteiger partial charge in [0.05, 0.1) is 11.6 Å². The Morgan fingerprint density at radius 2 is 1.80 bits per heavy atom. The van der Waals surface area contributed by atoms with Crippen molar-refractivity contribution >= 4 is 16.6 Å².